The molecule has 2 aliphatic carbocycles. The summed E-state index contributed by atoms with van der Waals surface area (Å²) in [6.07, 6.45) is 6.03. The normalized spacial score (nSPS) is 30.9. The van der Waals surface area contributed by atoms with Crippen LogP contribution in [0.2, 0.25) is 0 Å². The molecule has 3 aliphatic rings. The first-order valence-corrected chi connectivity index (χ1v) is 10.6. The molecule has 0 aromatic rings. The summed E-state index contributed by atoms with van der Waals surface area (Å²) in [6.45, 7) is 2.61. The highest BCUT2D eigenvalue weighted by atomic mass is 32.2. The number of hydrogen-bond donors (Lipinski definition) is 1. The average Bonchev–Trinajstić information content (AvgIpc) is 3.18. The second-order valence-corrected chi connectivity index (χ2v) is 9.48. The van der Waals surface area contributed by atoms with Gasteiger partial charge >= 0.3 is 0 Å². The van der Waals surface area contributed by atoms with Gasteiger partial charge in [-0.1, -0.05) is 12.8 Å². The Morgan fingerprint density at radius 1 is 0.957 bits per heavy atom. The van der Waals surface area contributed by atoms with Crippen LogP contribution < -0.4 is 0 Å². The number of piperazine rings is 1. The van der Waals surface area contributed by atoms with Gasteiger partial charge in [0.1, 0.15) is 5.75 Å². The molecule has 1 heterocycles. The van der Waals surface area contributed by atoms with Crippen LogP contribution in [0.25, 0.3) is 0 Å². The predicted octanol–water partition coefficient (Wildman–Crippen LogP) is 0.401. The van der Waals surface area contributed by atoms with Crippen molar-refractivity contribution in [2.45, 2.75) is 62.3 Å². The molecule has 3 rings (SSSR count). The van der Waals surface area contributed by atoms with Gasteiger partial charge < -0.3 is 10.0 Å². The summed E-state index contributed by atoms with van der Waals surface area (Å²) in [6, 6.07) is 0.217. The maximum Gasteiger partial charge on any atom is 0.237 e. The van der Waals surface area contributed by atoms with Crippen molar-refractivity contribution in [3.63, 3.8) is 0 Å². The Morgan fingerprint density at radius 2 is 1.61 bits per heavy atom. The van der Waals surface area contributed by atoms with Crippen LogP contribution in [0.4, 0.5) is 0 Å². The predicted molar refractivity (Wildman–Crippen MR) is 87.8 cm³/mol. The molecule has 3 fully saturated rings. The van der Waals surface area contributed by atoms with Gasteiger partial charge in [-0.25, -0.2) is 8.42 Å². The summed E-state index contributed by atoms with van der Waals surface area (Å²) in [4.78, 5) is 16.3. The first-order valence-electron chi connectivity index (χ1n) is 8.89. The number of amides is 1. The quantitative estimate of drug-likeness (QED) is 0.799. The van der Waals surface area contributed by atoms with E-state index in [2.05, 4.69) is 4.90 Å². The minimum absolute atomic E-state index is 0.217. The van der Waals surface area contributed by atoms with Crippen LogP contribution in [0.1, 0.15) is 44.9 Å². The first-order chi connectivity index (χ1) is 11.0. The average molecular weight is 344 g/mol. The van der Waals surface area contributed by atoms with Crippen LogP contribution in [-0.2, 0) is 14.6 Å². The largest absolute Gasteiger partial charge is 0.391 e. The van der Waals surface area contributed by atoms with Crippen LogP contribution in [-0.4, -0.2) is 78.6 Å². The van der Waals surface area contributed by atoms with Crippen molar-refractivity contribution in [1.82, 2.24) is 9.80 Å². The van der Waals surface area contributed by atoms with E-state index in [-0.39, 0.29) is 29.1 Å². The smallest absolute Gasteiger partial charge is 0.237 e. The van der Waals surface area contributed by atoms with Gasteiger partial charge in [0.05, 0.1) is 11.4 Å². The Kier molecular flexibility index (Phi) is 5.28. The summed E-state index contributed by atoms with van der Waals surface area (Å²) < 4.78 is 24.6. The van der Waals surface area contributed by atoms with Crippen molar-refractivity contribution in [1.29, 1.82) is 0 Å². The number of aliphatic hydroxyl groups is 1. The van der Waals surface area contributed by atoms with Crippen molar-refractivity contribution >= 4 is 15.7 Å². The minimum atomic E-state index is -3.29. The van der Waals surface area contributed by atoms with Crippen molar-refractivity contribution < 1.29 is 18.3 Å². The molecular weight excluding hydrogens is 316 g/mol. The zero-order valence-corrected chi connectivity index (χ0v) is 14.5. The first kappa shape index (κ1) is 17.2. The van der Waals surface area contributed by atoms with Gasteiger partial charge in [-0.3, -0.25) is 9.69 Å². The molecule has 2 atom stereocenters. The molecular formula is C16H28N2O4S. The number of carbonyl (C=O) groups excluding carboxylic acids is 1. The van der Waals surface area contributed by atoms with Crippen LogP contribution in [0.5, 0.6) is 0 Å². The third-order valence-electron chi connectivity index (χ3n) is 5.71. The number of hydrogen-bond acceptors (Lipinski definition) is 5. The molecule has 0 aromatic heterocycles. The third-order valence-corrected chi connectivity index (χ3v) is 7.85. The van der Waals surface area contributed by atoms with E-state index in [4.69, 9.17) is 0 Å². The highest BCUT2D eigenvalue weighted by Crippen LogP contribution is 2.26. The zero-order chi connectivity index (χ0) is 16.4. The van der Waals surface area contributed by atoms with E-state index in [1.165, 1.54) is 0 Å². The van der Waals surface area contributed by atoms with Gasteiger partial charge in [0.25, 0.3) is 0 Å². The highest BCUT2D eigenvalue weighted by Gasteiger charge is 2.35. The molecule has 2 saturated carbocycles. The Labute approximate surface area is 138 Å². The van der Waals surface area contributed by atoms with Gasteiger partial charge in [0, 0.05) is 32.2 Å². The molecule has 0 aromatic carbocycles. The molecule has 1 saturated heterocycles. The van der Waals surface area contributed by atoms with E-state index in [0.717, 1.165) is 45.2 Å². The van der Waals surface area contributed by atoms with Crippen molar-refractivity contribution in [2.75, 3.05) is 31.9 Å². The zero-order valence-electron chi connectivity index (χ0n) is 13.7. The Hall–Kier alpha value is -0.660. The maximum absolute atomic E-state index is 12.3. The molecule has 1 aliphatic heterocycles. The van der Waals surface area contributed by atoms with E-state index < -0.39 is 9.84 Å². The van der Waals surface area contributed by atoms with Gasteiger partial charge in [-0.15, -0.1) is 0 Å². The van der Waals surface area contributed by atoms with E-state index in [0.29, 0.717) is 25.9 Å². The van der Waals surface area contributed by atoms with Crippen LogP contribution >= 0.6 is 0 Å². The van der Waals surface area contributed by atoms with Gasteiger partial charge in [0.15, 0.2) is 9.84 Å². The van der Waals surface area contributed by atoms with E-state index in [9.17, 15) is 18.3 Å². The molecule has 0 bridgehead atoms. The fourth-order valence-electron chi connectivity index (χ4n) is 4.28. The summed E-state index contributed by atoms with van der Waals surface area (Å²) in [5.74, 6) is -0.576. The fourth-order valence-corrected chi connectivity index (χ4v) is 6.09. The fraction of sp³-hybridized carbons (Fsp3) is 0.938. The van der Waals surface area contributed by atoms with Crippen LogP contribution in [0.3, 0.4) is 0 Å². The second-order valence-electron chi connectivity index (χ2n) is 7.20. The van der Waals surface area contributed by atoms with Crippen LogP contribution in [0.15, 0.2) is 0 Å². The molecule has 0 unspecified atom stereocenters. The van der Waals surface area contributed by atoms with E-state index >= 15 is 0 Å². The molecule has 1 amide bonds. The molecule has 6 nitrogen and oxygen atoms in total. The standard InChI is InChI=1S/C16H28N2O4S/c19-15-7-3-6-14(15)17-8-10-18(11-9-17)16(20)12-23(21,22)13-4-1-2-5-13/h13-15,19H,1-12H2/t14-,15+/m0/s1. The van der Waals surface area contributed by atoms with Gasteiger partial charge in [-0.05, 0) is 32.1 Å². The summed E-state index contributed by atoms with van der Waals surface area (Å²) in [5, 5.41) is 9.68. The number of aliphatic hydroxyl groups excluding tert-OH is 1. The lowest BCUT2D eigenvalue weighted by molar-refractivity contribution is -0.130. The minimum Gasteiger partial charge on any atom is -0.391 e. The maximum atomic E-state index is 12.3. The molecule has 7 heteroatoms. The van der Waals surface area contributed by atoms with Crippen molar-refractivity contribution in [2.24, 2.45) is 0 Å². The van der Waals surface area contributed by atoms with Gasteiger partial charge in [0.2, 0.25) is 5.91 Å². The Bertz CT molecular complexity index is 522. The van der Waals surface area contributed by atoms with E-state index in [1.807, 2.05) is 0 Å². The number of nitrogens with zero attached hydrogens (tertiary/aromatic N) is 2. The van der Waals surface area contributed by atoms with E-state index in [1.54, 1.807) is 4.90 Å². The Morgan fingerprint density at radius 3 is 2.17 bits per heavy atom. The molecule has 1 N–H and O–H groups in total. The lowest BCUT2D eigenvalue weighted by Crippen LogP contribution is -2.54. The van der Waals surface area contributed by atoms with Crippen LogP contribution in [0, 0.1) is 0 Å². The highest BCUT2D eigenvalue weighted by molar-refractivity contribution is 7.92. The third kappa shape index (κ3) is 3.88. The summed E-state index contributed by atoms with van der Waals surface area (Å²) in [7, 11) is -3.29. The number of rotatable bonds is 4. The molecule has 0 spiro atoms. The van der Waals surface area contributed by atoms with Gasteiger partial charge in [-0.2, -0.15) is 0 Å². The van der Waals surface area contributed by atoms with Crippen molar-refractivity contribution in [3.05, 3.63) is 0 Å². The summed E-state index contributed by atoms with van der Waals surface area (Å²) >= 11 is 0. The Balaban J connectivity index is 1.50. The lowest BCUT2D eigenvalue weighted by atomic mass is 10.1. The topological polar surface area (TPSA) is 77.9 Å². The SMILES string of the molecule is O=C(CS(=O)(=O)C1CCCC1)N1CCN([C@H]2CCC[C@H]2O)CC1. The monoisotopic (exact) mass is 344 g/mol. The molecule has 0 radical (unpaired) electrons. The molecule has 23 heavy (non-hydrogen) atoms. The number of carbonyl (C=O) groups is 1. The van der Waals surface area contributed by atoms with Crippen molar-refractivity contribution in [3.8, 4) is 0 Å². The lowest BCUT2D eigenvalue weighted by Gasteiger charge is -2.39. The number of sulfone groups is 1. The second kappa shape index (κ2) is 7.07. The summed E-state index contributed by atoms with van der Waals surface area (Å²) in [5.41, 5.74) is 0. The molecule has 132 valence electrons.